The highest BCUT2D eigenvalue weighted by Gasteiger charge is 2.41. The van der Waals surface area contributed by atoms with E-state index >= 15 is 0 Å². The van der Waals surface area contributed by atoms with Gasteiger partial charge in [-0.15, -0.1) is 0 Å². The highest BCUT2D eigenvalue weighted by molar-refractivity contribution is 5.79. The number of rotatable bonds is 4. The lowest BCUT2D eigenvalue weighted by Gasteiger charge is -2.23. The average molecular weight is 268 g/mol. The Labute approximate surface area is 116 Å². The van der Waals surface area contributed by atoms with Crippen LogP contribution in [0.5, 0.6) is 0 Å². The molecular weight excluding hydrogens is 240 g/mol. The van der Waals surface area contributed by atoms with Crippen LogP contribution in [0.4, 0.5) is 0 Å². The fourth-order valence-electron chi connectivity index (χ4n) is 3.41. The SMILES string of the molecule is CC1OC(C)C(C(=O)NCCC2CCNCC2)C1C. The Hall–Kier alpha value is -0.610. The number of ether oxygens (including phenoxy) is 1. The fraction of sp³-hybridized carbons (Fsp3) is 0.933. The number of carbonyl (C=O) groups excluding carboxylic acids is 1. The van der Waals surface area contributed by atoms with E-state index in [1.807, 2.05) is 6.92 Å². The zero-order valence-electron chi connectivity index (χ0n) is 12.4. The minimum Gasteiger partial charge on any atom is -0.374 e. The van der Waals surface area contributed by atoms with Gasteiger partial charge >= 0.3 is 0 Å². The first kappa shape index (κ1) is 14.8. The second-order valence-electron chi connectivity index (χ2n) is 6.20. The lowest BCUT2D eigenvalue weighted by Crippen LogP contribution is -2.38. The summed E-state index contributed by atoms with van der Waals surface area (Å²) in [6.45, 7) is 9.25. The Morgan fingerprint density at radius 2 is 1.89 bits per heavy atom. The second kappa shape index (κ2) is 6.71. The molecule has 1 amide bonds. The van der Waals surface area contributed by atoms with Gasteiger partial charge in [0.05, 0.1) is 18.1 Å². The molecule has 2 fully saturated rings. The quantitative estimate of drug-likeness (QED) is 0.813. The van der Waals surface area contributed by atoms with Crippen LogP contribution in [0.2, 0.25) is 0 Å². The Kier molecular flexibility index (Phi) is 5.22. The van der Waals surface area contributed by atoms with Crippen molar-refractivity contribution in [1.29, 1.82) is 0 Å². The molecular formula is C15H28N2O2. The van der Waals surface area contributed by atoms with Crippen molar-refractivity contribution in [3.05, 3.63) is 0 Å². The molecule has 2 saturated heterocycles. The van der Waals surface area contributed by atoms with Crippen molar-refractivity contribution in [2.24, 2.45) is 17.8 Å². The maximum absolute atomic E-state index is 12.2. The molecule has 0 saturated carbocycles. The molecule has 2 aliphatic heterocycles. The van der Waals surface area contributed by atoms with Crippen molar-refractivity contribution in [3.63, 3.8) is 0 Å². The molecule has 2 heterocycles. The molecule has 0 bridgehead atoms. The molecule has 0 aromatic heterocycles. The Bertz CT molecular complexity index is 303. The summed E-state index contributed by atoms with van der Waals surface area (Å²) in [4.78, 5) is 12.2. The number of piperidine rings is 1. The molecule has 19 heavy (non-hydrogen) atoms. The summed E-state index contributed by atoms with van der Waals surface area (Å²) < 4.78 is 5.73. The molecule has 2 aliphatic rings. The molecule has 0 aromatic rings. The number of carbonyl (C=O) groups is 1. The van der Waals surface area contributed by atoms with E-state index in [4.69, 9.17) is 4.74 Å². The van der Waals surface area contributed by atoms with E-state index in [0.717, 1.165) is 32.0 Å². The Morgan fingerprint density at radius 3 is 2.47 bits per heavy atom. The molecule has 4 unspecified atom stereocenters. The van der Waals surface area contributed by atoms with Crippen LogP contribution in [0.15, 0.2) is 0 Å². The third kappa shape index (κ3) is 3.69. The zero-order chi connectivity index (χ0) is 13.8. The van der Waals surface area contributed by atoms with Gasteiger partial charge in [-0.1, -0.05) is 6.92 Å². The first-order valence-electron chi connectivity index (χ1n) is 7.73. The van der Waals surface area contributed by atoms with Crippen LogP contribution in [0, 0.1) is 17.8 Å². The molecule has 0 spiro atoms. The van der Waals surface area contributed by atoms with Crippen LogP contribution in [0.1, 0.15) is 40.0 Å². The third-order valence-corrected chi connectivity index (χ3v) is 4.86. The monoisotopic (exact) mass is 268 g/mol. The normalized spacial score (nSPS) is 36.4. The van der Waals surface area contributed by atoms with Gasteiger partial charge in [-0.05, 0) is 58.0 Å². The predicted molar refractivity (Wildman–Crippen MR) is 75.9 cm³/mol. The highest BCUT2D eigenvalue weighted by Crippen LogP contribution is 2.32. The Morgan fingerprint density at radius 1 is 1.21 bits per heavy atom. The summed E-state index contributed by atoms with van der Waals surface area (Å²) in [5.74, 6) is 1.28. The molecule has 110 valence electrons. The molecule has 0 radical (unpaired) electrons. The van der Waals surface area contributed by atoms with Crippen molar-refractivity contribution in [3.8, 4) is 0 Å². The van der Waals surface area contributed by atoms with Gasteiger partial charge in [0.1, 0.15) is 0 Å². The van der Waals surface area contributed by atoms with Gasteiger partial charge in [0.2, 0.25) is 5.91 Å². The summed E-state index contributed by atoms with van der Waals surface area (Å²) in [5.41, 5.74) is 0. The summed E-state index contributed by atoms with van der Waals surface area (Å²) in [7, 11) is 0. The molecule has 4 heteroatoms. The second-order valence-corrected chi connectivity index (χ2v) is 6.20. The maximum Gasteiger partial charge on any atom is 0.226 e. The van der Waals surface area contributed by atoms with Gasteiger partial charge < -0.3 is 15.4 Å². The number of nitrogens with one attached hydrogen (secondary N) is 2. The molecule has 0 aromatic carbocycles. The summed E-state index contributed by atoms with van der Waals surface area (Å²) in [5, 5.41) is 6.49. The molecule has 0 aliphatic carbocycles. The van der Waals surface area contributed by atoms with E-state index < -0.39 is 0 Å². The minimum atomic E-state index is 0.0167. The smallest absolute Gasteiger partial charge is 0.226 e. The van der Waals surface area contributed by atoms with Crippen molar-refractivity contribution >= 4 is 5.91 Å². The number of amides is 1. The number of hydrogen-bond donors (Lipinski definition) is 2. The van der Waals surface area contributed by atoms with Crippen LogP contribution < -0.4 is 10.6 Å². The van der Waals surface area contributed by atoms with E-state index in [1.54, 1.807) is 0 Å². The predicted octanol–water partition coefficient (Wildman–Crippen LogP) is 1.55. The summed E-state index contributed by atoms with van der Waals surface area (Å²) in [6, 6.07) is 0. The van der Waals surface area contributed by atoms with E-state index in [2.05, 4.69) is 24.5 Å². The molecule has 2 rings (SSSR count). The van der Waals surface area contributed by atoms with E-state index in [1.165, 1.54) is 12.8 Å². The highest BCUT2D eigenvalue weighted by atomic mass is 16.5. The van der Waals surface area contributed by atoms with E-state index in [9.17, 15) is 4.79 Å². The summed E-state index contributed by atoms with van der Waals surface area (Å²) in [6.07, 6.45) is 3.83. The number of hydrogen-bond acceptors (Lipinski definition) is 3. The first-order valence-corrected chi connectivity index (χ1v) is 7.73. The van der Waals surface area contributed by atoms with Crippen LogP contribution in [-0.4, -0.2) is 37.7 Å². The topological polar surface area (TPSA) is 50.4 Å². The molecule has 2 N–H and O–H groups in total. The van der Waals surface area contributed by atoms with Gasteiger partial charge in [0.15, 0.2) is 0 Å². The van der Waals surface area contributed by atoms with Gasteiger partial charge in [0.25, 0.3) is 0 Å². The molecule has 4 nitrogen and oxygen atoms in total. The van der Waals surface area contributed by atoms with Crippen molar-refractivity contribution in [2.45, 2.75) is 52.2 Å². The fourth-order valence-corrected chi connectivity index (χ4v) is 3.41. The summed E-state index contributed by atoms with van der Waals surface area (Å²) >= 11 is 0. The zero-order valence-corrected chi connectivity index (χ0v) is 12.4. The lowest BCUT2D eigenvalue weighted by molar-refractivity contribution is -0.127. The van der Waals surface area contributed by atoms with Gasteiger partial charge in [-0.3, -0.25) is 4.79 Å². The molecule has 4 atom stereocenters. The van der Waals surface area contributed by atoms with E-state index in [0.29, 0.717) is 5.92 Å². The van der Waals surface area contributed by atoms with Gasteiger partial charge in [0, 0.05) is 6.54 Å². The van der Waals surface area contributed by atoms with Crippen LogP contribution in [-0.2, 0) is 9.53 Å². The van der Waals surface area contributed by atoms with Crippen molar-refractivity contribution in [1.82, 2.24) is 10.6 Å². The van der Waals surface area contributed by atoms with Crippen LogP contribution in [0.3, 0.4) is 0 Å². The standard InChI is InChI=1S/C15H28N2O2/c1-10-11(2)19-12(3)14(10)15(18)17-9-6-13-4-7-16-8-5-13/h10-14,16H,4-9H2,1-3H3,(H,17,18). The van der Waals surface area contributed by atoms with Crippen molar-refractivity contribution in [2.75, 3.05) is 19.6 Å². The lowest BCUT2D eigenvalue weighted by atomic mass is 9.88. The van der Waals surface area contributed by atoms with Crippen LogP contribution in [0.25, 0.3) is 0 Å². The Balaban J connectivity index is 1.72. The first-order chi connectivity index (χ1) is 9.09. The maximum atomic E-state index is 12.2. The average Bonchev–Trinajstić information content (AvgIpc) is 2.64. The largest absolute Gasteiger partial charge is 0.374 e. The van der Waals surface area contributed by atoms with E-state index in [-0.39, 0.29) is 24.0 Å². The van der Waals surface area contributed by atoms with Gasteiger partial charge in [-0.25, -0.2) is 0 Å². The van der Waals surface area contributed by atoms with Crippen molar-refractivity contribution < 1.29 is 9.53 Å². The minimum absolute atomic E-state index is 0.0167. The van der Waals surface area contributed by atoms with Gasteiger partial charge in [-0.2, -0.15) is 0 Å². The third-order valence-electron chi connectivity index (χ3n) is 4.86. The van der Waals surface area contributed by atoms with Crippen LogP contribution >= 0.6 is 0 Å².